The number of nitrogens with one attached hydrogen (secondary N) is 1. The van der Waals surface area contributed by atoms with E-state index in [0.717, 1.165) is 25.2 Å². The number of nitrogens with zero attached hydrogens (tertiary/aromatic N) is 1. The van der Waals surface area contributed by atoms with E-state index in [0.29, 0.717) is 12.3 Å². The molecule has 18 heavy (non-hydrogen) atoms. The summed E-state index contributed by atoms with van der Waals surface area (Å²) in [5.74, 6) is 0.836. The molecule has 0 spiro atoms. The molecule has 0 saturated carbocycles. The Morgan fingerprint density at radius 3 is 2.72 bits per heavy atom. The lowest BCUT2D eigenvalue weighted by atomic mass is 10.1. The zero-order valence-corrected chi connectivity index (χ0v) is 11.3. The van der Waals surface area contributed by atoms with E-state index in [-0.39, 0.29) is 5.91 Å². The van der Waals surface area contributed by atoms with Crippen LogP contribution in [-0.4, -0.2) is 37.5 Å². The monoisotopic (exact) mass is 246 g/mol. The summed E-state index contributed by atoms with van der Waals surface area (Å²) in [5, 5.41) is 3.33. The quantitative estimate of drug-likeness (QED) is 0.875. The Morgan fingerprint density at radius 2 is 2.11 bits per heavy atom. The van der Waals surface area contributed by atoms with Gasteiger partial charge in [-0.2, -0.15) is 0 Å². The van der Waals surface area contributed by atoms with Gasteiger partial charge in [0.1, 0.15) is 0 Å². The zero-order valence-electron chi connectivity index (χ0n) is 11.3. The number of hydrogen-bond acceptors (Lipinski definition) is 2. The summed E-state index contributed by atoms with van der Waals surface area (Å²) in [5.41, 5.74) is 2.33. The van der Waals surface area contributed by atoms with Gasteiger partial charge in [0.2, 0.25) is 5.91 Å². The van der Waals surface area contributed by atoms with Crippen LogP contribution in [0.1, 0.15) is 17.5 Å². The molecule has 1 fully saturated rings. The van der Waals surface area contributed by atoms with Crippen molar-refractivity contribution in [1.29, 1.82) is 0 Å². The first-order valence-electron chi connectivity index (χ1n) is 6.65. The Labute approximate surface area is 109 Å². The Morgan fingerprint density at radius 1 is 1.39 bits per heavy atom. The molecule has 1 aromatic carbocycles. The molecule has 1 saturated heterocycles. The zero-order chi connectivity index (χ0) is 13.0. The standard InChI is InChI=1S/C15H22N2O/c1-12-3-5-13(6-4-12)9-15(18)17(2)11-14-7-8-16-10-14/h3-6,14,16H,7-11H2,1-2H3. The topological polar surface area (TPSA) is 32.3 Å². The molecule has 1 atom stereocenters. The minimum absolute atomic E-state index is 0.214. The molecule has 1 amide bonds. The minimum atomic E-state index is 0.214. The molecule has 0 aromatic heterocycles. The SMILES string of the molecule is Cc1ccc(CC(=O)N(C)CC2CCNC2)cc1. The fourth-order valence-corrected chi connectivity index (χ4v) is 2.37. The molecule has 98 valence electrons. The molecule has 3 nitrogen and oxygen atoms in total. The third-order valence-corrected chi connectivity index (χ3v) is 3.60. The molecule has 0 bridgehead atoms. The van der Waals surface area contributed by atoms with Crippen molar-refractivity contribution in [2.75, 3.05) is 26.7 Å². The molecule has 0 radical (unpaired) electrons. The third-order valence-electron chi connectivity index (χ3n) is 3.60. The predicted molar refractivity (Wildman–Crippen MR) is 73.5 cm³/mol. The predicted octanol–water partition coefficient (Wildman–Crippen LogP) is 1.61. The van der Waals surface area contributed by atoms with Crippen LogP contribution in [0.15, 0.2) is 24.3 Å². The number of amides is 1. The largest absolute Gasteiger partial charge is 0.345 e. The molecule has 1 unspecified atom stereocenters. The first kappa shape index (κ1) is 13.1. The molecule has 0 aliphatic carbocycles. The lowest BCUT2D eigenvalue weighted by molar-refractivity contribution is -0.129. The van der Waals surface area contributed by atoms with E-state index in [2.05, 4.69) is 24.4 Å². The maximum atomic E-state index is 12.1. The number of carbonyl (C=O) groups excluding carboxylic acids is 1. The van der Waals surface area contributed by atoms with Crippen molar-refractivity contribution in [2.24, 2.45) is 5.92 Å². The molecular formula is C15H22N2O. The average Bonchev–Trinajstić information content (AvgIpc) is 2.85. The maximum Gasteiger partial charge on any atom is 0.226 e. The van der Waals surface area contributed by atoms with E-state index >= 15 is 0 Å². The molecule has 1 aliphatic rings. The summed E-state index contributed by atoms with van der Waals surface area (Å²) in [4.78, 5) is 14.0. The van der Waals surface area contributed by atoms with Crippen LogP contribution in [0.2, 0.25) is 0 Å². The lowest BCUT2D eigenvalue weighted by Gasteiger charge is -2.20. The van der Waals surface area contributed by atoms with Crippen molar-refractivity contribution < 1.29 is 4.79 Å². The number of carbonyl (C=O) groups is 1. The second-order valence-electron chi connectivity index (χ2n) is 5.30. The molecule has 1 heterocycles. The van der Waals surface area contributed by atoms with E-state index in [1.807, 2.05) is 24.1 Å². The lowest BCUT2D eigenvalue weighted by Crippen LogP contribution is -2.33. The van der Waals surface area contributed by atoms with Crippen molar-refractivity contribution >= 4 is 5.91 Å². The fourth-order valence-electron chi connectivity index (χ4n) is 2.37. The molecule has 2 rings (SSSR count). The highest BCUT2D eigenvalue weighted by atomic mass is 16.2. The maximum absolute atomic E-state index is 12.1. The van der Waals surface area contributed by atoms with Gasteiger partial charge in [-0.25, -0.2) is 0 Å². The highest BCUT2D eigenvalue weighted by molar-refractivity contribution is 5.78. The molecule has 1 aliphatic heterocycles. The Hall–Kier alpha value is -1.35. The van der Waals surface area contributed by atoms with Crippen LogP contribution in [0.25, 0.3) is 0 Å². The van der Waals surface area contributed by atoms with Gasteiger partial charge in [0, 0.05) is 13.6 Å². The second-order valence-corrected chi connectivity index (χ2v) is 5.30. The number of hydrogen-bond donors (Lipinski definition) is 1. The Bertz CT molecular complexity index is 393. The minimum Gasteiger partial charge on any atom is -0.345 e. The van der Waals surface area contributed by atoms with Crippen LogP contribution >= 0.6 is 0 Å². The summed E-state index contributed by atoms with van der Waals surface area (Å²) < 4.78 is 0. The van der Waals surface area contributed by atoms with E-state index in [1.165, 1.54) is 12.0 Å². The van der Waals surface area contributed by atoms with E-state index < -0.39 is 0 Å². The summed E-state index contributed by atoms with van der Waals surface area (Å²) in [7, 11) is 1.91. The Balaban J connectivity index is 1.84. The van der Waals surface area contributed by atoms with E-state index in [4.69, 9.17) is 0 Å². The highest BCUT2D eigenvalue weighted by Gasteiger charge is 2.19. The average molecular weight is 246 g/mol. The smallest absolute Gasteiger partial charge is 0.226 e. The summed E-state index contributed by atoms with van der Waals surface area (Å²) in [6.45, 7) is 5.06. The third kappa shape index (κ3) is 3.57. The highest BCUT2D eigenvalue weighted by Crippen LogP contribution is 2.10. The van der Waals surface area contributed by atoms with E-state index in [1.54, 1.807) is 0 Å². The number of benzene rings is 1. The van der Waals surface area contributed by atoms with Gasteiger partial charge in [0.05, 0.1) is 6.42 Å². The molecule has 1 aromatic rings. The van der Waals surface area contributed by atoms with Crippen LogP contribution in [0.5, 0.6) is 0 Å². The number of rotatable bonds is 4. The Kier molecular flexibility index (Phi) is 4.37. The first-order valence-corrected chi connectivity index (χ1v) is 6.65. The van der Waals surface area contributed by atoms with Gasteiger partial charge < -0.3 is 10.2 Å². The summed E-state index contributed by atoms with van der Waals surface area (Å²) in [6, 6.07) is 8.20. The van der Waals surface area contributed by atoms with Crippen molar-refractivity contribution in [3.8, 4) is 0 Å². The van der Waals surface area contributed by atoms with Crippen LogP contribution in [0.4, 0.5) is 0 Å². The van der Waals surface area contributed by atoms with Gasteiger partial charge in [-0.15, -0.1) is 0 Å². The summed E-state index contributed by atoms with van der Waals surface area (Å²) in [6.07, 6.45) is 1.69. The molecule has 3 heteroatoms. The second kappa shape index (κ2) is 6.01. The first-order chi connectivity index (χ1) is 8.65. The summed E-state index contributed by atoms with van der Waals surface area (Å²) >= 11 is 0. The van der Waals surface area contributed by atoms with Gasteiger partial charge in [-0.3, -0.25) is 4.79 Å². The van der Waals surface area contributed by atoms with Gasteiger partial charge in [-0.05, 0) is 37.9 Å². The van der Waals surface area contributed by atoms with Crippen LogP contribution in [0.3, 0.4) is 0 Å². The normalized spacial score (nSPS) is 18.9. The van der Waals surface area contributed by atoms with Gasteiger partial charge in [-0.1, -0.05) is 29.8 Å². The molecular weight excluding hydrogens is 224 g/mol. The van der Waals surface area contributed by atoms with Gasteiger partial charge >= 0.3 is 0 Å². The number of aryl methyl sites for hydroxylation is 1. The van der Waals surface area contributed by atoms with Crippen LogP contribution in [0, 0.1) is 12.8 Å². The van der Waals surface area contributed by atoms with Crippen molar-refractivity contribution in [2.45, 2.75) is 19.8 Å². The van der Waals surface area contributed by atoms with Crippen LogP contribution < -0.4 is 5.32 Å². The van der Waals surface area contributed by atoms with Gasteiger partial charge in [0.15, 0.2) is 0 Å². The van der Waals surface area contributed by atoms with Crippen LogP contribution in [-0.2, 0) is 11.2 Å². The van der Waals surface area contributed by atoms with Crippen molar-refractivity contribution in [1.82, 2.24) is 10.2 Å². The number of likely N-dealkylation sites (N-methyl/N-ethyl adjacent to an activating group) is 1. The van der Waals surface area contributed by atoms with Gasteiger partial charge in [0.25, 0.3) is 0 Å². The van der Waals surface area contributed by atoms with Crippen molar-refractivity contribution in [3.63, 3.8) is 0 Å². The molecule has 1 N–H and O–H groups in total. The van der Waals surface area contributed by atoms with Crippen molar-refractivity contribution in [3.05, 3.63) is 35.4 Å². The fraction of sp³-hybridized carbons (Fsp3) is 0.533. The van der Waals surface area contributed by atoms with E-state index in [9.17, 15) is 4.79 Å².